The van der Waals surface area contributed by atoms with Crippen LogP contribution in [0, 0.1) is 6.92 Å². The lowest BCUT2D eigenvalue weighted by Crippen LogP contribution is -2.35. The first kappa shape index (κ1) is 16.8. The third kappa shape index (κ3) is 4.73. The van der Waals surface area contributed by atoms with Crippen molar-refractivity contribution in [2.75, 3.05) is 0 Å². The van der Waals surface area contributed by atoms with E-state index < -0.39 is 0 Å². The Balaban J connectivity index is 1.53. The van der Waals surface area contributed by atoms with Crippen LogP contribution in [-0.4, -0.2) is 10.6 Å². The molecule has 0 radical (unpaired) electrons. The number of hydrogen-bond acceptors (Lipinski definition) is 1. The zero-order chi connectivity index (χ0) is 17.5. The van der Waals surface area contributed by atoms with E-state index >= 15 is 0 Å². The number of rotatable bonds is 6. The summed E-state index contributed by atoms with van der Waals surface area (Å²) in [4.78, 5) is 12.0. The minimum Gasteiger partial charge on any atom is -0.345 e. The molecule has 0 fully saturated rings. The smallest absolute Gasteiger partial charge is 0.315 e. The topological polar surface area (TPSA) is 46.1 Å². The molecule has 0 spiro atoms. The predicted molar refractivity (Wildman–Crippen MR) is 100 cm³/mol. The fraction of sp³-hybridized carbons (Fsp3) is 0.190. The van der Waals surface area contributed by atoms with Crippen LogP contribution in [0.1, 0.15) is 22.4 Å². The average molecular weight is 333 g/mol. The quantitative estimate of drug-likeness (QED) is 0.707. The van der Waals surface area contributed by atoms with Gasteiger partial charge in [0.15, 0.2) is 0 Å². The molecule has 0 bridgehead atoms. The van der Waals surface area contributed by atoms with Crippen LogP contribution in [0.3, 0.4) is 0 Å². The summed E-state index contributed by atoms with van der Waals surface area (Å²) in [7, 11) is 0. The zero-order valence-electron chi connectivity index (χ0n) is 14.4. The summed E-state index contributed by atoms with van der Waals surface area (Å²) < 4.78 is 2.17. The molecule has 4 heteroatoms. The van der Waals surface area contributed by atoms with Crippen LogP contribution in [0.2, 0.25) is 0 Å². The number of nitrogens with zero attached hydrogens (tertiary/aromatic N) is 1. The maximum absolute atomic E-state index is 12.0. The molecule has 0 unspecified atom stereocenters. The second kappa shape index (κ2) is 8.20. The van der Waals surface area contributed by atoms with E-state index in [-0.39, 0.29) is 6.03 Å². The van der Waals surface area contributed by atoms with E-state index in [1.54, 1.807) is 0 Å². The fourth-order valence-electron chi connectivity index (χ4n) is 2.75. The molecule has 0 aliphatic heterocycles. The molecule has 128 valence electrons. The van der Waals surface area contributed by atoms with E-state index in [1.165, 1.54) is 11.1 Å². The predicted octanol–water partition coefficient (Wildman–Crippen LogP) is 3.84. The Labute approximate surface area is 148 Å². The second-order valence-electron chi connectivity index (χ2n) is 6.08. The summed E-state index contributed by atoms with van der Waals surface area (Å²) in [5, 5.41) is 5.81. The molecule has 0 atom stereocenters. The number of nitrogens with one attached hydrogen (secondary N) is 2. The minimum absolute atomic E-state index is 0.160. The minimum atomic E-state index is -0.160. The van der Waals surface area contributed by atoms with Crippen molar-refractivity contribution in [3.63, 3.8) is 0 Å². The van der Waals surface area contributed by atoms with E-state index in [2.05, 4.69) is 40.3 Å². The average Bonchev–Trinajstić information content (AvgIpc) is 3.08. The highest BCUT2D eigenvalue weighted by atomic mass is 16.2. The van der Waals surface area contributed by atoms with Crippen LogP contribution in [0.5, 0.6) is 0 Å². The molecule has 1 heterocycles. The highest BCUT2D eigenvalue weighted by molar-refractivity contribution is 5.73. The van der Waals surface area contributed by atoms with Gasteiger partial charge in [0.05, 0.1) is 6.54 Å². The fourth-order valence-corrected chi connectivity index (χ4v) is 2.75. The summed E-state index contributed by atoms with van der Waals surface area (Å²) in [6.07, 6.45) is 2.05. The molecule has 3 aromatic rings. The first-order valence-corrected chi connectivity index (χ1v) is 8.46. The Morgan fingerprint density at radius 2 is 1.60 bits per heavy atom. The maximum atomic E-state index is 12.0. The van der Waals surface area contributed by atoms with Gasteiger partial charge in [-0.05, 0) is 35.7 Å². The Morgan fingerprint density at radius 3 is 2.40 bits per heavy atom. The van der Waals surface area contributed by atoms with Crippen LogP contribution in [-0.2, 0) is 19.6 Å². The van der Waals surface area contributed by atoms with Crippen LogP contribution in [0.4, 0.5) is 4.79 Å². The summed E-state index contributed by atoms with van der Waals surface area (Å²) in [5.74, 6) is 0. The van der Waals surface area contributed by atoms with Gasteiger partial charge in [-0.2, -0.15) is 0 Å². The van der Waals surface area contributed by atoms with Crippen LogP contribution in [0.25, 0.3) is 0 Å². The number of hydrogen-bond donors (Lipinski definition) is 2. The van der Waals surface area contributed by atoms with E-state index in [0.29, 0.717) is 13.1 Å². The molecule has 25 heavy (non-hydrogen) atoms. The Morgan fingerprint density at radius 1 is 0.880 bits per heavy atom. The van der Waals surface area contributed by atoms with Gasteiger partial charge in [0.1, 0.15) is 0 Å². The van der Waals surface area contributed by atoms with Crippen molar-refractivity contribution in [2.45, 2.75) is 26.6 Å². The molecule has 2 aromatic carbocycles. The molecule has 0 aliphatic rings. The number of carbonyl (C=O) groups excluding carboxylic acids is 1. The van der Waals surface area contributed by atoms with Gasteiger partial charge in [-0.25, -0.2) is 4.79 Å². The molecule has 3 rings (SSSR count). The first-order valence-electron chi connectivity index (χ1n) is 8.46. The van der Waals surface area contributed by atoms with Crippen LogP contribution < -0.4 is 10.6 Å². The number of carbonyl (C=O) groups is 1. The van der Waals surface area contributed by atoms with Crippen LogP contribution in [0.15, 0.2) is 72.9 Å². The van der Waals surface area contributed by atoms with Gasteiger partial charge < -0.3 is 15.2 Å². The van der Waals surface area contributed by atoms with E-state index in [0.717, 1.165) is 17.8 Å². The van der Waals surface area contributed by atoms with Gasteiger partial charge in [-0.15, -0.1) is 0 Å². The normalized spacial score (nSPS) is 10.4. The lowest BCUT2D eigenvalue weighted by molar-refractivity contribution is 0.240. The summed E-state index contributed by atoms with van der Waals surface area (Å²) in [6, 6.07) is 22.1. The van der Waals surface area contributed by atoms with Crippen molar-refractivity contribution in [3.05, 3.63) is 95.3 Å². The number of amides is 2. The maximum Gasteiger partial charge on any atom is 0.315 e. The third-order valence-electron chi connectivity index (χ3n) is 4.25. The number of aromatic nitrogens is 1. The largest absolute Gasteiger partial charge is 0.345 e. The first-order chi connectivity index (χ1) is 12.2. The Kier molecular flexibility index (Phi) is 5.52. The molecule has 4 nitrogen and oxygen atoms in total. The van der Waals surface area contributed by atoms with E-state index in [1.807, 2.05) is 54.7 Å². The van der Waals surface area contributed by atoms with Gasteiger partial charge >= 0.3 is 6.03 Å². The van der Waals surface area contributed by atoms with E-state index in [9.17, 15) is 4.79 Å². The van der Waals surface area contributed by atoms with Crippen molar-refractivity contribution in [2.24, 2.45) is 0 Å². The van der Waals surface area contributed by atoms with Gasteiger partial charge in [-0.1, -0.05) is 54.6 Å². The molecule has 0 saturated carbocycles. The summed E-state index contributed by atoms with van der Waals surface area (Å²) >= 11 is 0. The van der Waals surface area contributed by atoms with Crippen molar-refractivity contribution in [1.82, 2.24) is 15.2 Å². The lowest BCUT2D eigenvalue weighted by Gasteiger charge is -2.12. The van der Waals surface area contributed by atoms with Gasteiger partial charge in [0.2, 0.25) is 0 Å². The lowest BCUT2D eigenvalue weighted by atomic mass is 10.1. The highest BCUT2D eigenvalue weighted by Crippen LogP contribution is 2.12. The number of benzene rings is 2. The molecule has 0 saturated heterocycles. The molecule has 2 N–H and O–H groups in total. The Bertz CT molecular complexity index is 824. The molecular weight excluding hydrogens is 310 g/mol. The second-order valence-corrected chi connectivity index (χ2v) is 6.08. The summed E-state index contributed by atoms with van der Waals surface area (Å²) in [6.45, 7) is 3.95. The number of aryl methyl sites for hydroxylation is 1. The van der Waals surface area contributed by atoms with Crippen molar-refractivity contribution < 1.29 is 4.79 Å². The van der Waals surface area contributed by atoms with Crippen molar-refractivity contribution >= 4 is 6.03 Å². The van der Waals surface area contributed by atoms with Crippen molar-refractivity contribution in [1.29, 1.82) is 0 Å². The summed E-state index contributed by atoms with van der Waals surface area (Å²) in [5.41, 5.74) is 4.72. The van der Waals surface area contributed by atoms with Gasteiger partial charge in [0.25, 0.3) is 0 Å². The Hall–Kier alpha value is -3.01. The molecular formula is C21H23N3O. The molecule has 1 aromatic heterocycles. The third-order valence-corrected chi connectivity index (χ3v) is 4.25. The number of urea groups is 1. The molecule has 2 amide bonds. The SMILES string of the molecule is Cc1ccccc1Cn1cccc1CNC(=O)NCc1ccccc1. The standard InChI is InChI=1S/C21H23N3O/c1-17-8-5-6-11-19(17)16-24-13-7-12-20(24)15-23-21(25)22-14-18-9-3-2-4-10-18/h2-13H,14-16H2,1H3,(H2,22,23,25). The van der Waals surface area contributed by atoms with Crippen molar-refractivity contribution in [3.8, 4) is 0 Å². The van der Waals surface area contributed by atoms with E-state index in [4.69, 9.17) is 0 Å². The zero-order valence-corrected chi connectivity index (χ0v) is 14.4. The monoisotopic (exact) mass is 333 g/mol. The van der Waals surface area contributed by atoms with Crippen LogP contribution >= 0.6 is 0 Å². The van der Waals surface area contributed by atoms with Gasteiger partial charge in [-0.3, -0.25) is 0 Å². The van der Waals surface area contributed by atoms with Gasteiger partial charge in [0, 0.05) is 25.0 Å². The molecule has 0 aliphatic carbocycles. The highest BCUT2D eigenvalue weighted by Gasteiger charge is 2.06.